The van der Waals surface area contributed by atoms with Crippen LogP contribution in [-0.2, 0) is 6.42 Å². The Labute approximate surface area is 125 Å². The highest BCUT2D eigenvalue weighted by molar-refractivity contribution is 9.10. The van der Waals surface area contributed by atoms with Crippen LogP contribution in [0, 0.1) is 12.7 Å². The molecule has 0 aliphatic heterocycles. The van der Waals surface area contributed by atoms with Gasteiger partial charge in [-0.1, -0.05) is 45.7 Å². The molecule has 0 saturated carbocycles. The first kappa shape index (κ1) is 14.5. The van der Waals surface area contributed by atoms with E-state index in [1.165, 1.54) is 6.07 Å². The number of hydrogen-bond donors (Lipinski definition) is 1. The summed E-state index contributed by atoms with van der Waals surface area (Å²) in [5, 5.41) is 10.7. The van der Waals surface area contributed by atoms with E-state index in [4.69, 9.17) is 11.6 Å². The van der Waals surface area contributed by atoms with E-state index in [1.807, 2.05) is 19.1 Å². The van der Waals surface area contributed by atoms with Gasteiger partial charge in [0.2, 0.25) is 0 Å². The zero-order valence-corrected chi connectivity index (χ0v) is 12.7. The van der Waals surface area contributed by atoms with Crippen molar-refractivity contribution < 1.29 is 9.50 Å². The van der Waals surface area contributed by atoms with Gasteiger partial charge in [0, 0.05) is 21.5 Å². The Bertz CT molecular complexity index is 601. The molecule has 0 aliphatic carbocycles. The highest BCUT2D eigenvalue weighted by atomic mass is 79.9. The van der Waals surface area contributed by atoms with Crippen molar-refractivity contribution in [3.63, 3.8) is 0 Å². The van der Waals surface area contributed by atoms with Crippen LogP contribution in [0.25, 0.3) is 0 Å². The molecule has 0 heterocycles. The fourth-order valence-electron chi connectivity index (χ4n) is 1.91. The molecule has 1 unspecified atom stereocenters. The Morgan fingerprint density at radius 1 is 1.26 bits per heavy atom. The van der Waals surface area contributed by atoms with Crippen molar-refractivity contribution in [3.05, 3.63) is 68.4 Å². The third-order valence-corrected chi connectivity index (χ3v) is 3.79. The lowest BCUT2D eigenvalue weighted by Crippen LogP contribution is -2.05. The smallest absolute Gasteiger partial charge is 0.129 e. The van der Waals surface area contributed by atoms with Crippen molar-refractivity contribution in [2.45, 2.75) is 19.4 Å². The highest BCUT2D eigenvalue weighted by Crippen LogP contribution is 2.27. The van der Waals surface area contributed by atoms with Gasteiger partial charge in [-0.3, -0.25) is 0 Å². The Balaban J connectivity index is 2.23. The summed E-state index contributed by atoms with van der Waals surface area (Å²) in [7, 11) is 0. The van der Waals surface area contributed by atoms with Gasteiger partial charge in [0.15, 0.2) is 0 Å². The van der Waals surface area contributed by atoms with E-state index < -0.39 is 6.10 Å². The molecule has 0 spiro atoms. The largest absolute Gasteiger partial charge is 0.388 e. The molecule has 1 nitrogen and oxygen atoms in total. The van der Waals surface area contributed by atoms with E-state index in [1.54, 1.807) is 18.2 Å². The second-order valence-corrected chi connectivity index (χ2v) is 5.80. The molecule has 0 aliphatic rings. The fraction of sp³-hybridized carbons (Fsp3) is 0.200. The lowest BCUT2D eigenvalue weighted by atomic mass is 10.00. The zero-order valence-electron chi connectivity index (χ0n) is 10.3. The van der Waals surface area contributed by atoms with Crippen LogP contribution in [0.3, 0.4) is 0 Å². The number of benzene rings is 2. The van der Waals surface area contributed by atoms with Crippen LogP contribution < -0.4 is 0 Å². The number of aryl methyl sites for hydroxylation is 1. The average molecular weight is 344 g/mol. The molecule has 0 amide bonds. The van der Waals surface area contributed by atoms with Crippen molar-refractivity contribution in [1.29, 1.82) is 0 Å². The van der Waals surface area contributed by atoms with Crippen LogP contribution in [0.15, 0.2) is 40.9 Å². The normalized spacial score (nSPS) is 12.5. The molecule has 0 bridgehead atoms. The summed E-state index contributed by atoms with van der Waals surface area (Å²) in [5.41, 5.74) is 1.91. The van der Waals surface area contributed by atoms with Gasteiger partial charge in [-0.2, -0.15) is 0 Å². The van der Waals surface area contributed by atoms with Crippen molar-refractivity contribution in [2.75, 3.05) is 0 Å². The molecule has 1 N–H and O–H groups in total. The predicted molar refractivity (Wildman–Crippen MR) is 79.0 cm³/mol. The molecule has 0 aromatic heterocycles. The maximum absolute atomic E-state index is 13.8. The first-order valence-corrected chi connectivity index (χ1v) is 7.02. The zero-order chi connectivity index (χ0) is 14.0. The minimum atomic E-state index is -0.903. The van der Waals surface area contributed by atoms with Crippen LogP contribution in [0.1, 0.15) is 22.8 Å². The monoisotopic (exact) mass is 342 g/mol. The number of aliphatic hydroxyl groups excluding tert-OH is 1. The molecular weight excluding hydrogens is 331 g/mol. The summed E-state index contributed by atoms with van der Waals surface area (Å²) in [6.45, 7) is 1.81. The van der Waals surface area contributed by atoms with Crippen LogP contribution in [0.5, 0.6) is 0 Å². The molecule has 2 rings (SSSR count). The molecule has 4 heteroatoms. The lowest BCUT2D eigenvalue weighted by Gasteiger charge is -2.13. The molecular formula is C15H13BrClFO. The van der Waals surface area contributed by atoms with Gasteiger partial charge < -0.3 is 5.11 Å². The van der Waals surface area contributed by atoms with E-state index in [9.17, 15) is 9.50 Å². The second-order valence-electron chi connectivity index (χ2n) is 4.48. The Hall–Kier alpha value is -0.900. The SMILES string of the molecule is Cc1ccc(C(O)Cc2ccc(Br)cc2Cl)c(F)c1. The summed E-state index contributed by atoms with van der Waals surface area (Å²) in [6.07, 6.45) is -0.620. The van der Waals surface area contributed by atoms with Gasteiger partial charge in [-0.15, -0.1) is 0 Å². The van der Waals surface area contributed by atoms with Crippen molar-refractivity contribution in [1.82, 2.24) is 0 Å². The van der Waals surface area contributed by atoms with Crippen molar-refractivity contribution >= 4 is 27.5 Å². The fourth-order valence-corrected chi connectivity index (χ4v) is 2.66. The first-order valence-electron chi connectivity index (χ1n) is 5.85. The van der Waals surface area contributed by atoms with Gasteiger partial charge in [-0.25, -0.2) is 4.39 Å². The third-order valence-electron chi connectivity index (χ3n) is 2.94. The standard InChI is InChI=1S/C15H13BrClFO/c1-9-2-5-12(14(18)6-9)15(19)7-10-3-4-11(16)8-13(10)17/h2-6,8,15,19H,7H2,1H3. The highest BCUT2D eigenvalue weighted by Gasteiger charge is 2.15. The van der Waals surface area contributed by atoms with Gasteiger partial charge in [0.05, 0.1) is 6.10 Å². The Kier molecular flexibility index (Phi) is 4.61. The number of hydrogen-bond acceptors (Lipinski definition) is 1. The first-order chi connectivity index (χ1) is 8.97. The molecule has 2 aromatic rings. The predicted octanol–water partition coefficient (Wildman–Crippen LogP) is 4.83. The van der Waals surface area contributed by atoms with Crippen LogP contribution in [0.2, 0.25) is 5.02 Å². The number of rotatable bonds is 3. The summed E-state index contributed by atoms with van der Waals surface area (Å²) in [4.78, 5) is 0. The van der Waals surface area contributed by atoms with Gasteiger partial charge in [0.1, 0.15) is 5.82 Å². The van der Waals surface area contributed by atoms with Gasteiger partial charge >= 0.3 is 0 Å². The maximum Gasteiger partial charge on any atom is 0.129 e. The number of halogens is 3. The molecule has 100 valence electrons. The van der Waals surface area contributed by atoms with E-state index in [0.29, 0.717) is 10.6 Å². The Morgan fingerprint density at radius 3 is 2.63 bits per heavy atom. The molecule has 0 radical (unpaired) electrons. The Morgan fingerprint density at radius 2 is 2.00 bits per heavy atom. The maximum atomic E-state index is 13.8. The van der Waals surface area contributed by atoms with E-state index in [-0.39, 0.29) is 12.2 Å². The van der Waals surface area contributed by atoms with Gasteiger partial charge in [-0.05, 0) is 36.2 Å². The summed E-state index contributed by atoms with van der Waals surface area (Å²) < 4.78 is 14.6. The third kappa shape index (κ3) is 3.56. The van der Waals surface area contributed by atoms with Crippen LogP contribution in [-0.4, -0.2) is 5.11 Å². The molecule has 1 atom stereocenters. The van der Waals surface area contributed by atoms with E-state index in [0.717, 1.165) is 15.6 Å². The molecule has 2 aromatic carbocycles. The topological polar surface area (TPSA) is 20.2 Å². The van der Waals surface area contributed by atoms with Crippen molar-refractivity contribution in [3.8, 4) is 0 Å². The minimum absolute atomic E-state index is 0.284. The minimum Gasteiger partial charge on any atom is -0.388 e. The summed E-state index contributed by atoms with van der Waals surface area (Å²) >= 11 is 9.41. The van der Waals surface area contributed by atoms with Gasteiger partial charge in [0.25, 0.3) is 0 Å². The average Bonchev–Trinajstić information content (AvgIpc) is 2.32. The molecule has 0 saturated heterocycles. The summed E-state index contributed by atoms with van der Waals surface area (Å²) in [5.74, 6) is -0.388. The van der Waals surface area contributed by atoms with Crippen molar-refractivity contribution in [2.24, 2.45) is 0 Å². The molecule has 0 fully saturated rings. The quantitative estimate of drug-likeness (QED) is 0.846. The van der Waals surface area contributed by atoms with E-state index >= 15 is 0 Å². The van der Waals surface area contributed by atoms with E-state index in [2.05, 4.69) is 15.9 Å². The molecule has 19 heavy (non-hydrogen) atoms. The summed E-state index contributed by atoms with van der Waals surface area (Å²) in [6, 6.07) is 10.2. The van der Waals surface area contributed by atoms with Crippen LogP contribution in [0.4, 0.5) is 4.39 Å². The second kappa shape index (κ2) is 6.04. The lowest BCUT2D eigenvalue weighted by molar-refractivity contribution is 0.173. The number of aliphatic hydroxyl groups is 1. The van der Waals surface area contributed by atoms with Crippen LogP contribution >= 0.6 is 27.5 Å².